The Labute approximate surface area is 87.5 Å². The van der Waals surface area contributed by atoms with Gasteiger partial charge in [0, 0.05) is 24.7 Å². The van der Waals surface area contributed by atoms with Gasteiger partial charge in [-0.2, -0.15) is 0 Å². The van der Waals surface area contributed by atoms with Crippen molar-refractivity contribution in [3.63, 3.8) is 0 Å². The molecule has 0 fully saturated rings. The molecule has 2 rings (SSSR count). The monoisotopic (exact) mass is 209 g/mol. The third-order valence-electron chi connectivity index (χ3n) is 2.28. The lowest BCUT2D eigenvalue weighted by molar-refractivity contribution is -0.736. The number of hydrogen-bond donors (Lipinski definition) is 1. The maximum absolute atomic E-state index is 11.2. The van der Waals surface area contributed by atoms with Crippen molar-refractivity contribution in [2.45, 2.75) is 6.54 Å². The second kappa shape index (κ2) is 4.27. The zero-order chi connectivity index (χ0) is 10.7. The molecule has 0 atom stereocenters. The summed E-state index contributed by atoms with van der Waals surface area (Å²) in [4.78, 5) is 16.2. The molecule has 1 aliphatic rings. The summed E-state index contributed by atoms with van der Waals surface area (Å²) >= 11 is 0. The van der Waals surface area contributed by atoms with Gasteiger partial charge < -0.3 is 10.1 Å². The minimum absolute atomic E-state index is 0.443. The molecule has 1 N–H and O–H groups in total. The Morgan fingerprint density at radius 3 is 3.20 bits per heavy atom. The fraction of sp³-hybridized carbons (Fsp3) is 0.400. The van der Waals surface area contributed by atoms with Gasteiger partial charge in [0.15, 0.2) is 7.11 Å². The van der Waals surface area contributed by atoms with E-state index in [1.165, 1.54) is 7.11 Å². The standard InChI is InChI=1S/C10H13N2O3/c1-14-12(13)9-3-2-8-7-11-4-5-15-10(8)6-9/h2-3,6,11H,4-5,7H2,1H3/q+1. The molecule has 0 saturated heterocycles. The van der Waals surface area contributed by atoms with Crippen LogP contribution in [-0.4, -0.2) is 25.2 Å². The molecule has 5 heteroatoms. The van der Waals surface area contributed by atoms with Crippen molar-refractivity contribution < 1.29 is 14.5 Å². The largest absolute Gasteiger partial charge is 0.492 e. The van der Waals surface area contributed by atoms with Gasteiger partial charge in [-0.3, -0.25) is 0 Å². The van der Waals surface area contributed by atoms with E-state index in [0.717, 1.165) is 24.4 Å². The minimum Gasteiger partial charge on any atom is -0.492 e. The molecule has 0 saturated carbocycles. The fourth-order valence-corrected chi connectivity index (χ4v) is 1.50. The highest BCUT2D eigenvalue weighted by molar-refractivity contribution is 5.44. The first-order valence-electron chi connectivity index (χ1n) is 4.79. The number of ether oxygens (including phenoxy) is 1. The summed E-state index contributed by atoms with van der Waals surface area (Å²) < 4.78 is 5.50. The maximum Gasteiger partial charge on any atom is 0.320 e. The van der Waals surface area contributed by atoms with Crippen molar-refractivity contribution >= 4 is 5.69 Å². The summed E-state index contributed by atoms with van der Waals surface area (Å²) in [5.41, 5.74) is 1.50. The van der Waals surface area contributed by atoms with Crippen molar-refractivity contribution in [1.29, 1.82) is 0 Å². The third-order valence-corrected chi connectivity index (χ3v) is 2.28. The summed E-state index contributed by atoms with van der Waals surface area (Å²) in [6.45, 7) is 2.19. The molecule has 0 bridgehead atoms. The molecule has 1 aromatic carbocycles. The van der Waals surface area contributed by atoms with Gasteiger partial charge in [0.2, 0.25) is 0 Å². The highest BCUT2D eigenvalue weighted by Gasteiger charge is 2.18. The van der Waals surface area contributed by atoms with Crippen LogP contribution in [-0.2, 0) is 11.4 Å². The van der Waals surface area contributed by atoms with Gasteiger partial charge in [-0.15, -0.1) is 0 Å². The highest BCUT2D eigenvalue weighted by Crippen LogP contribution is 2.25. The Bertz CT molecular complexity index is 379. The van der Waals surface area contributed by atoms with E-state index in [2.05, 4.69) is 10.2 Å². The van der Waals surface area contributed by atoms with E-state index in [0.29, 0.717) is 17.2 Å². The second-order valence-corrected chi connectivity index (χ2v) is 3.26. The van der Waals surface area contributed by atoms with E-state index in [-0.39, 0.29) is 0 Å². The van der Waals surface area contributed by atoms with Crippen LogP contribution in [0.2, 0.25) is 0 Å². The number of rotatable bonds is 2. The summed E-state index contributed by atoms with van der Waals surface area (Å²) in [5, 5.41) is 3.22. The van der Waals surface area contributed by atoms with Gasteiger partial charge in [-0.25, -0.2) is 4.84 Å². The van der Waals surface area contributed by atoms with Crippen LogP contribution >= 0.6 is 0 Å². The molecule has 15 heavy (non-hydrogen) atoms. The molecule has 0 spiro atoms. The first-order valence-corrected chi connectivity index (χ1v) is 4.79. The normalized spacial score (nSPS) is 14.7. The van der Waals surface area contributed by atoms with Crippen LogP contribution in [0.5, 0.6) is 5.75 Å². The smallest absolute Gasteiger partial charge is 0.320 e. The summed E-state index contributed by atoms with van der Waals surface area (Å²) in [5.74, 6) is 0.746. The quantitative estimate of drug-likeness (QED) is 0.742. The van der Waals surface area contributed by atoms with Crippen molar-refractivity contribution in [3.05, 3.63) is 28.7 Å². The van der Waals surface area contributed by atoms with Crippen molar-refractivity contribution in [3.8, 4) is 5.75 Å². The zero-order valence-corrected chi connectivity index (χ0v) is 8.53. The van der Waals surface area contributed by atoms with Crippen LogP contribution in [0, 0.1) is 4.91 Å². The lowest BCUT2D eigenvalue weighted by atomic mass is 10.2. The lowest BCUT2D eigenvalue weighted by Crippen LogP contribution is -2.16. The molecule has 1 heterocycles. The number of nitrogens with one attached hydrogen (secondary N) is 1. The molecule has 0 radical (unpaired) electrons. The average molecular weight is 209 g/mol. The van der Waals surface area contributed by atoms with E-state index < -0.39 is 0 Å². The van der Waals surface area contributed by atoms with Gasteiger partial charge in [-0.1, -0.05) is 0 Å². The van der Waals surface area contributed by atoms with Crippen LogP contribution < -0.4 is 10.1 Å². The molecule has 5 nitrogen and oxygen atoms in total. The van der Waals surface area contributed by atoms with Crippen LogP contribution in [0.4, 0.5) is 5.69 Å². The Balaban J connectivity index is 2.31. The molecule has 1 aromatic rings. The second-order valence-electron chi connectivity index (χ2n) is 3.26. The molecule has 0 aromatic heterocycles. The van der Waals surface area contributed by atoms with Gasteiger partial charge in [0.05, 0.1) is 11.0 Å². The van der Waals surface area contributed by atoms with Crippen molar-refractivity contribution in [2.75, 3.05) is 20.3 Å². The summed E-state index contributed by atoms with van der Waals surface area (Å²) in [7, 11) is 1.33. The highest BCUT2D eigenvalue weighted by atomic mass is 16.8. The maximum atomic E-state index is 11.2. The lowest BCUT2D eigenvalue weighted by Gasteiger charge is -2.04. The number of benzene rings is 1. The number of fused-ring (bicyclic) bond motifs is 1. The first-order chi connectivity index (χ1) is 7.31. The molecule has 1 aliphatic heterocycles. The van der Waals surface area contributed by atoms with Gasteiger partial charge >= 0.3 is 5.69 Å². The third kappa shape index (κ3) is 2.07. The van der Waals surface area contributed by atoms with Crippen LogP contribution in [0.1, 0.15) is 5.56 Å². The Hall–Kier alpha value is -1.62. The number of nitrogens with zero attached hydrogens (tertiary/aromatic N) is 1. The van der Waals surface area contributed by atoms with Crippen molar-refractivity contribution in [1.82, 2.24) is 5.32 Å². The Kier molecular flexibility index (Phi) is 2.82. The van der Waals surface area contributed by atoms with Crippen LogP contribution in [0.25, 0.3) is 0 Å². The van der Waals surface area contributed by atoms with Crippen LogP contribution in [0.15, 0.2) is 18.2 Å². The molecular weight excluding hydrogens is 196 g/mol. The van der Waals surface area contributed by atoms with Gasteiger partial charge in [-0.05, 0) is 6.07 Å². The molecule has 0 aliphatic carbocycles. The molecular formula is C10H13N2O3+. The first kappa shape index (κ1) is 9.92. The predicted octanol–water partition coefficient (Wildman–Crippen LogP) is 1.14. The van der Waals surface area contributed by atoms with E-state index in [4.69, 9.17) is 4.74 Å². The Morgan fingerprint density at radius 2 is 2.40 bits per heavy atom. The van der Waals surface area contributed by atoms with E-state index in [1.807, 2.05) is 6.07 Å². The Morgan fingerprint density at radius 1 is 1.53 bits per heavy atom. The van der Waals surface area contributed by atoms with E-state index >= 15 is 0 Å². The van der Waals surface area contributed by atoms with Gasteiger partial charge in [0.25, 0.3) is 4.92 Å². The number of hydrogen-bond acceptors (Lipinski definition) is 4. The molecule has 80 valence electrons. The SMILES string of the molecule is CO[N+](=O)c1ccc2c(c1)OCCNC2. The van der Waals surface area contributed by atoms with Crippen LogP contribution in [0.3, 0.4) is 0 Å². The minimum atomic E-state index is 0.443. The average Bonchev–Trinajstić information content (AvgIpc) is 2.51. The molecule has 0 unspecified atom stereocenters. The van der Waals surface area contributed by atoms with Gasteiger partial charge in [0.1, 0.15) is 12.4 Å². The van der Waals surface area contributed by atoms with Crippen molar-refractivity contribution in [2.24, 2.45) is 0 Å². The topological polar surface area (TPSA) is 50.6 Å². The summed E-state index contributed by atoms with van der Waals surface area (Å²) in [6.07, 6.45) is 0. The van der Waals surface area contributed by atoms with E-state index in [9.17, 15) is 4.91 Å². The fourth-order valence-electron chi connectivity index (χ4n) is 1.50. The van der Waals surface area contributed by atoms with E-state index in [1.54, 1.807) is 12.1 Å². The summed E-state index contributed by atoms with van der Waals surface area (Å²) in [6, 6.07) is 5.28. The zero-order valence-electron chi connectivity index (χ0n) is 8.53. The molecule has 0 amide bonds. The predicted molar refractivity (Wildman–Crippen MR) is 53.9 cm³/mol.